The zero-order valence-corrected chi connectivity index (χ0v) is 13.7. The monoisotopic (exact) mass is 322 g/mol. The maximum atomic E-state index is 12.1. The van der Waals surface area contributed by atoms with E-state index in [2.05, 4.69) is 6.92 Å². The predicted molar refractivity (Wildman–Crippen MR) is 91.4 cm³/mol. The summed E-state index contributed by atoms with van der Waals surface area (Å²) in [5, 5.41) is 0.927. The Balaban J connectivity index is 1.71. The summed E-state index contributed by atoms with van der Waals surface area (Å²) in [6, 6.07) is 12.5. The Kier molecular flexibility index (Phi) is 4.47. The molecule has 0 saturated heterocycles. The van der Waals surface area contributed by atoms with Gasteiger partial charge in [-0.05, 0) is 49.2 Å². The Morgan fingerprint density at radius 2 is 1.83 bits per heavy atom. The fourth-order valence-corrected chi connectivity index (χ4v) is 2.57. The van der Waals surface area contributed by atoms with Crippen LogP contribution in [-0.4, -0.2) is 11.8 Å². The van der Waals surface area contributed by atoms with Gasteiger partial charge in [0.25, 0.3) is 0 Å². The van der Waals surface area contributed by atoms with Gasteiger partial charge < -0.3 is 9.15 Å². The first-order chi connectivity index (χ1) is 11.6. The first kappa shape index (κ1) is 16.0. The Morgan fingerprint density at radius 1 is 1.08 bits per heavy atom. The smallest absolute Gasteiger partial charge is 0.315 e. The number of carbonyl (C=O) groups excluding carboxylic acids is 2. The lowest BCUT2D eigenvalue weighted by Crippen LogP contribution is -2.11. The number of hydrogen-bond acceptors (Lipinski definition) is 4. The second-order valence-corrected chi connectivity index (χ2v) is 5.68. The summed E-state index contributed by atoms with van der Waals surface area (Å²) >= 11 is 0. The van der Waals surface area contributed by atoms with Crippen molar-refractivity contribution in [1.29, 1.82) is 0 Å². The van der Waals surface area contributed by atoms with E-state index in [4.69, 9.17) is 9.15 Å². The second kappa shape index (κ2) is 6.71. The van der Waals surface area contributed by atoms with E-state index in [0.29, 0.717) is 11.3 Å². The van der Waals surface area contributed by atoms with Gasteiger partial charge in [-0.1, -0.05) is 19.1 Å². The molecule has 4 heteroatoms. The van der Waals surface area contributed by atoms with E-state index < -0.39 is 0 Å². The number of furan rings is 1. The molecule has 0 N–H and O–H groups in total. The molecular weight excluding hydrogens is 304 g/mol. The number of esters is 1. The van der Waals surface area contributed by atoms with Gasteiger partial charge in [0.05, 0.1) is 12.7 Å². The Morgan fingerprint density at radius 3 is 2.50 bits per heavy atom. The third kappa shape index (κ3) is 3.38. The number of benzene rings is 2. The molecule has 1 aromatic heterocycles. The molecule has 0 atom stereocenters. The standard InChI is InChI=1S/C20H18O4/c1-3-14-4-9-18-16(12-23-19(18)10-14)11-20(22)24-17-7-5-15(6-8-17)13(2)21/h4-10,12H,3,11H2,1-2H3. The van der Waals surface area contributed by atoms with E-state index >= 15 is 0 Å². The van der Waals surface area contributed by atoms with Crippen molar-refractivity contribution in [3.8, 4) is 5.75 Å². The van der Waals surface area contributed by atoms with E-state index in [9.17, 15) is 9.59 Å². The summed E-state index contributed by atoms with van der Waals surface area (Å²) in [4.78, 5) is 23.4. The van der Waals surface area contributed by atoms with Gasteiger partial charge in [-0.25, -0.2) is 0 Å². The van der Waals surface area contributed by atoms with Crippen LogP contribution in [0.5, 0.6) is 5.75 Å². The van der Waals surface area contributed by atoms with Crippen LogP contribution in [-0.2, 0) is 17.6 Å². The van der Waals surface area contributed by atoms with Gasteiger partial charge in [0, 0.05) is 16.5 Å². The lowest BCUT2D eigenvalue weighted by molar-refractivity contribution is -0.133. The van der Waals surface area contributed by atoms with Crippen molar-refractivity contribution >= 4 is 22.7 Å². The summed E-state index contributed by atoms with van der Waals surface area (Å²) in [5.74, 6) is 0.0307. The van der Waals surface area contributed by atoms with Crippen LogP contribution in [0, 0.1) is 0 Å². The summed E-state index contributed by atoms with van der Waals surface area (Å²) in [5.41, 5.74) is 3.36. The predicted octanol–water partition coefficient (Wildman–Crippen LogP) is 4.35. The largest absolute Gasteiger partial charge is 0.464 e. The van der Waals surface area contributed by atoms with Crippen LogP contribution in [0.4, 0.5) is 0 Å². The van der Waals surface area contributed by atoms with E-state index in [0.717, 1.165) is 23.0 Å². The van der Waals surface area contributed by atoms with Crippen molar-refractivity contribution in [2.45, 2.75) is 26.7 Å². The summed E-state index contributed by atoms with van der Waals surface area (Å²) in [6.45, 7) is 3.58. The lowest BCUT2D eigenvalue weighted by Gasteiger charge is -2.04. The highest BCUT2D eigenvalue weighted by atomic mass is 16.5. The molecule has 0 spiro atoms. The molecule has 3 aromatic rings. The highest BCUT2D eigenvalue weighted by molar-refractivity contribution is 5.94. The van der Waals surface area contributed by atoms with Gasteiger partial charge >= 0.3 is 5.97 Å². The molecule has 24 heavy (non-hydrogen) atoms. The number of rotatable bonds is 5. The molecule has 1 heterocycles. The minimum atomic E-state index is -0.368. The molecule has 4 nitrogen and oxygen atoms in total. The zero-order valence-electron chi connectivity index (χ0n) is 13.7. The molecule has 2 aromatic carbocycles. The van der Waals surface area contributed by atoms with Gasteiger partial charge in [0.2, 0.25) is 0 Å². The quantitative estimate of drug-likeness (QED) is 0.398. The number of hydrogen-bond donors (Lipinski definition) is 0. The first-order valence-corrected chi connectivity index (χ1v) is 7.87. The SMILES string of the molecule is CCc1ccc2c(CC(=O)Oc3ccc(C(C)=O)cc3)coc2c1. The van der Waals surface area contributed by atoms with Crippen molar-refractivity contribution in [2.24, 2.45) is 0 Å². The van der Waals surface area contributed by atoms with Gasteiger partial charge in [-0.2, -0.15) is 0 Å². The zero-order chi connectivity index (χ0) is 17.1. The van der Waals surface area contributed by atoms with Crippen LogP contribution in [0.25, 0.3) is 11.0 Å². The van der Waals surface area contributed by atoms with E-state index in [1.54, 1.807) is 30.5 Å². The highest BCUT2D eigenvalue weighted by Gasteiger charge is 2.13. The topological polar surface area (TPSA) is 56.5 Å². The molecule has 122 valence electrons. The molecular formula is C20H18O4. The van der Waals surface area contributed by atoms with Crippen molar-refractivity contribution in [2.75, 3.05) is 0 Å². The van der Waals surface area contributed by atoms with E-state index in [1.807, 2.05) is 18.2 Å². The molecule has 0 radical (unpaired) electrons. The molecule has 0 aliphatic carbocycles. The Labute approximate surface area is 140 Å². The molecule has 0 saturated carbocycles. The fraction of sp³-hybridized carbons (Fsp3) is 0.200. The number of aryl methyl sites for hydroxylation is 1. The third-order valence-corrected chi connectivity index (χ3v) is 3.96. The van der Waals surface area contributed by atoms with E-state index in [-0.39, 0.29) is 18.2 Å². The molecule has 0 amide bonds. The number of fused-ring (bicyclic) bond motifs is 1. The van der Waals surface area contributed by atoms with Crippen LogP contribution >= 0.6 is 0 Å². The van der Waals surface area contributed by atoms with Crippen molar-refractivity contribution < 1.29 is 18.7 Å². The molecule has 0 unspecified atom stereocenters. The van der Waals surface area contributed by atoms with Crippen LogP contribution in [0.3, 0.4) is 0 Å². The summed E-state index contributed by atoms with van der Waals surface area (Å²) in [6.07, 6.45) is 2.67. The lowest BCUT2D eigenvalue weighted by atomic mass is 10.1. The Hall–Kier alpha value is -2.88. The average Bonchev–Trinajstić information content (AvgIpc) is 2.97. The van der Waals surface area contributed by atoms with Gasteiger partial charge in [0.15, 0.2) is 5.78 Å². The first-order valence-electron chi connectivity index (χ1n) is 7.87. The van der Waals surface area contributed by atoms with Crippen molar-refractivity contribution in [1.82, 2.24) is 0 Å². The number of ether oxygens (including phenoxy) is 1. The van der Waals surface area contributed by atoms with Crippen molar-refractivity contribution in [3.05, 3.63) is 65.4 Å². The van der Waals surface area contributed by atoms with Gasteiger partial charge in [-0.15, -0.1) is 0 Å². The van der Waals surface area contributed by atoms with E-state index in [1.165, 1.54) is 12.5 Å². The van der Waals surface area contributed by atoms with Crippen LogP contribution in [0.2, 0.25) is 0 Å². The maximum absolute atomic E-state index is 12.1. The fourth-order valence-electron chi connectivity index (χ4n) is 2.57. The number of ketones is 1. The summed E-state index contributed by atoms with van der Waals surface area (Å²) < 4.78 is 10.9. The molecule has 0 bridgehead atoms. The average molecular weight is 322 g/mol. The van der Waals surface area contributed by atoms with Gasteiger partial charge in [0.1, 0.15) is 11.3 Å². The van der Waals surface area contributed by atoms with Crippen LogP contribution < -0.4 is 4.74 Å². The van der Waals surface area contributed by atoms with Gasteiger partial charge in [-0.3, -0.25) is 9.59 Å². The van der Waals surface area contributed by atoms with Crippen LogP contribution in [0.1, 0.15) is 35.3 Å². The molecule has 0 aliphatic rings. The highest BCUT2D eigenvalue weighted by Crippen LogP contribution is 2.24. The van der Waals surface area contributed by atoms with Crippen molar-refractivity contribution in [3.63, 3.8) is 0 Å². The third-order valence-electron chi connectivity index (χ3n) is 3.96. The molecule has 0 fully saturated rings. The normalized spacial score (nSPS) is 10.8. The minimum absolute atomic E-state index is 0.0239. The van der Waals surface area contributed by atoms with Crippen LogP contribution in [0.15, 0.2) is 53.1 Å². The Bertz CT molecular complexity index is 888. The number of Topliss-reactive ketones (excluding diaryl/α,β-unsaturated/α-hetero) is 1. The maximum Gasteiger partial charge on any atom is 0.315 e. The molecule has 3 rings (SSSR count). The second-order valence-electron chi connectivity index (χ2n) is 5.68. The summed E-state index contributed by atoms with van der Waals surface area (Å²) in [7, 11) is 0. The molecule has 0 aliphatic heterocycles. The minimum Gasteiger partial charge on any atom is -0.464 e. The number of carbonyl (C=O) groups is 2.